The lowest BCUT2D eigenvalue weighted by Crippen LogP contribution is -1.82. The van der Waals surface area contributed by atoms with Crippen LogP contribution in [0.4, 0.5) is 0 Å². The van der Waals surface area contributed by atoms with Crippen molar-refractivity contribution >= 4 is 21.9 Å². The van der Waals surface area contributed by atoms with Gasteiger partial charge >= 0.3 is 0 Å². The third-order valence-corrected chi connectivity index (χ3v) is 3.89. The summed E-state index contributed by atoms with van der Waals surface area (Å²) in [6, 6.07) is 7.92. The minimum absolute atomic E-state index is 0.850. The Morgan fingerprint density at radius 1 is 1.00 bits per heavy atom. The van der Waals surface area contributed by atoms with E-state index >= 15 is 0 Å². The smallest absolute Gasteiger partial charge is 0.116 e. The maximum Gasteiger partial charge on any atom is 0.116 e. The summed E-state index contributed by atoms with van der Waals surface area (Å²) in [4.78, 5) is 12.2. The SMILES string of the molecule is c1cnc2cc(-c3n[nH]c4cnc(-c5cn[nH]c5)cc34)[nH]c2c1. The Morgan fingerprint density at radius 3 is 2.87 bits per heavy atom. The molecule has 0 saturated carbocycles. The molecule has 0 bridgehead atoms. The first kappa shape index (κ1) is 12.1. The predicted octanol–water partition coefficient (Wildman–Crippen LogP) is 2.89. The topological polar surface area (TPSA) is 98.9 Å². The number of hydrogen-bond acceptors (Lipinski definition) is 4. The van der Waals surface area contributed by atoms with E-state index in [0.29, 0.717) is 0 Å². The van der Waals surface area contributed by atoms with Crippen molar-refractivity contribution < 1.29 is 0 Å². The highest BCUT2D eigenvalue weighted by Gasteiger charge is 2.13. The van der Waals surface area contributed by atoms with Gasteiger partial charge in [-0.3, -0.25) is 20.2 Å². The standard InChI is InChI=1S/C16H11N7/c1-2-11-13(17-3-1)5-14(21-11)16-10-4-12(9-6-19-20-7-9)18-8-15(10)22-23-16/h1-8,21H,(H,19,20)(H,22,23). The summed E-state index contributed by atoms with van der Waals surface area (Å²) >= 11 is 0. The number of rotatable bonds is 2. The van der Waals surface area contributed by atoms with E-state index in [2.05, 4.69) is 35.3 Å². The van der Waals surface area contributed by atoms with E-state index in [-0.39, 0.29) is 0 Å². The second-order valence-electron chi connectivity index (χ2n) is 5.29. The summed E-state index contributed by atoms with van der Waals surface area (Å²) in [6.07, 6.45) is 7.14. The first-order chi connectivity index (χ1) is 11.4. The Hall–Kier alpha value is -3.48. The van der Waals surface area contributed by atoms with Crippen molar-refractivity contribution in [3.63, 3.8) is 0 Å². The van der Waals surface area contributed by atoms with Crippen molar-refractivity contribution in [1.82, 2.24) is 35.3 Å². The van der Waals surface area contributed by atoms with E-state index in [0.717, 1.165) is 44.6 Å². The number of hydrogen-bond donors (Lipinski definition) is 3. The van der Waals surface area contributed by atoms with Gasteiger partial charge in [0.1, 0.15) is 5.69 Å². The number of nitrogens with zero attached hydrogens (tertiary/aromatic N) is 4. The monoisotopic (exact) mass is 301 g/mol. The van der Waals surface area contributed by atoms with Gasteiger partial charge < -0.3 is 4.98 Å². The lowest BCUT2D eigenvalue weighted by molar-refractivity contribution is 1.09. The summed E-state index contributed by atoms with van der Waals surface area (Å²) in [5.41, 5.74) is 6.37. The average molecular weight is 301 g/mol. The Bertz CT molecular complexity index is 1080. The van der Waals surface area contributed by atoms with Gasteiger partial charge in [-0.1, -0.05) is 0 Å². The van der Waals surface area contributed by atoms with Crippen LogP contribution in [-0.2, 0) is 0 Å². The maximum atomic E-state index is 4.45. The molecule has 0 radical (unpaired) electrons. The van der Waals surface area contributed by atoms with E-state index in [4.69, 9.17) is 0 Å². The van der Waals surface area contributed by atoms with Crippen molar-refractivity contribution in [3.05, 3.63) is 49.1 Å². The molecule has 0 spiro atoms. The molecule has 5 aromatic heterocycles. The van der Waals surface area contributed by atoms with Crippen molar-refractivity contribution in [2.24, 2.45) is 0 Å². The summed E-state index contributed by atoms with van der Waals surface area (Å²) in [6.45, 7) is 0. The van der Waals surface area contributed by atoms with Crippen LogP contribution in [-0.4, -0.2) is 35.3 Å². The molecule has 0 aromatic carbocycles. The molecule has 0 aliphatic heterocycles. The van der Waals surface area contributed by atoms with Crippen molar-refractivity contribution in [1.29, 1.82) is 0 Å². The number of H-pyrrole nitrogens is 3. The number of aromatic nitrogens is 7. The molecule has 5 aromatic rings. The normalized spacial score (nSPS) is 11.5. The highest BCUT2D eigenvalue weighted by atomic mass is 15.1. The van der Waals surface area contributed by atoms with Gasteiger partial charge in [0.25, 0.3) is 0 Å². The fourth-order valence-corrected chi connectivity index (χ4v) is 2.75. The van der Waals surface area contributed by atoms with E-state index in [1.807, 2.05) is 30.5 Å². The largest absolute Gasteiger partial charge is 0.352 e. The Balaban J connectivity index is 1.73. The highest BCUT2D eigenvalue weighted by molar-refractivity contribution is 5.96. The fraction of sp³-hybridized carbons (Fsp3) is 0. The van der Waals surface area contributed by atoms with Crippen molar-refractivity contribution in [3.8, 4) is 22.6 Å². The van der Waals surface area contributed by atoms with E-state index < -0.39 is 0 Å². The molecule has 7 heteroatoms. The van der Waals surface area contributed by atoms with E-state index in [1.165, 1.54) is 0 Å². The van der Waals surface area contributed by atoms with Gasteiger partial charge in [-0.15, -0.1) is 0 Å². The fourth-order valence-electron chi connectivity index (χ4n) is 2.75. The van der Waals surface area contributed by atoms with Crippen LogP contribution in [0.15, 0.2) is 49.1 Å². The zero-order chi connectivity index (χ0) is 15.2. The minimum atomic E-state index is 0.850. The molecule has 0 unspecified atom stereocenters. The van der Waals surface area contributed by atoms with Gasteiger partial charge in [0.2, 0.25) is 0 Å². The maximum absolute atomic E-state index is 4.45. The summed E-state index contributed by atoms with van der Waals surface area (Å²) in [5, 5.41) is 15.2. The lowest BCUT2D eigenvalue weighted by atomic mass is 10.1. The zero-order valence-electron chi connectivity index (χ0n) is 11.9. The third kappa shape index (κ3) is 1.83. The van der Waals surface area contributed by atoms with Crippen LogP contribution in [0.5, 0.6) is 0 Å². The average Bonchev–Trinajstić information content (AvgIpc) is 3.32. The highest BCUT2D eigenvalue weighted by Crippen LogP contribution is 2.29. The van der Waals surface area contributed by atoms with Crippen LogP contribution in [0.25, 0.3) is 44.6 Å². The van der Waals surface area contributed by atoms with Crippen LogP contribution >= 0.6 is 0 Å². The Kier molecular flexibility index (Phi) is 2.37. The number of pyridine rings is 2. The first-order valence-electron chi connectivity index (χ1n) is 7.16. The molecular weight excluding hydrogens is 290 g/mol. The van der Waals surface area contributed by atoms with Gasteiger partial charge in [0.15, 0.2) is 0 Å². The molecule has 0 aliphatic carbocycles. The second-order valence-corrected chi connectivity index (χ2v) is 5.29. The number of aromatic amines is 3. The second kappa shape index (κ2) is 4.51. The lowest BCUT2D eigenvalue weighted by Gasteiger charge is -1.98. The molecule has 0 atom stereocenters. The molecule has 5 rings (SSSR count). The van der Waals surface area contributed by atoms with Crippen LogP contribution in [0.1, 0.15) is 0 Å². The van der Waals surface area contributed by atoms with Crippen molar-refractivity contribution in [2.75, 3.05) is 0 Å². The molecule has 5 heterocycles. The van der Waals surface area contributed by atoms with Gasteiger partial charge in [-0.25, -0.2) is 0 Å². The van der Waals surface area contributed by atoms with Gasteiger partial charge in [-0.05, 0) is 24.3 Å². The molecular formula is C16H11N7. The molecule has 3 N–H and O–H groups in total. The molecule has 23 heavy (non-hydrogen) atoms. The quantitative estimate of drug-likeness (QED) is 0.467. The van der Waals surface area contributed by atoms with Crippen LogP contribution in [0.3, 0.4) is 0 Å². The van der Waals surface area contributed by atoms with E-state index in [9.17, 15) is 0 Å². The minimum Gasteiger partial charge on any atom is -0.352 e. The summed E-state index contributed by atoms with van der Waals surface area (Å²) in [7, 11) is 0. The first-order valence-corrected chi connectivity index (χ1v) is 7.16. The van der Waals surface area contributed by atoms with Crippen molar-refractivity contribution in [2.45, 2.75) is 0 Å². The molecule has 0 saturated heterocycles. The summed E-state index contributed by atoms with van der Waals surface area (Å²) < 4.78 is 0. The number of fused-ring (bicyclic) bond motifs is 2. The molecule has 0 fully saturated rings. The Labute approximate surface area is 129 Å². The molecule has 7 nitrogen and oxygen atoms in total. The summed E-state index contributed by atoms with van der Waals surface area (Å²) in [5.74, 6) is 0. The van der Waals surface area contributed by atoms with Gasteiger partial charge in [0, 0.05) is 23.3 Å². The van der Waals surface area contributed by atoms with E-state index in [1.54, 1.807) is 18.6 Å². The van der Waals surface area contributed by atoms with Gasteiger partial charge in [0.05, 0.1) is 40.3 Å². The third-order valence-electron chi connectivity index (χ3n) is 3.89. The van der Waals surface area contributed by atoms with Gasteiger partial charge in [-0.2, -0.15) is 10.2 Å². The molecule has 110 valence electrons. The molecule has 0 amide bonds. The predicted molar refractivity (Wildman–Crippen MR) is 86.6 cm³/mol. The Morgan fingerprint density at radius 2 is 2.00 bits per heavy atom. The number of nitrogens with one attached hydrogen (secondary N) is 3. The zero-order valence-corrected chi connectivity index (χ0v) is 11.9. The molecule has 0 aliphatic rings. The van der Waals surface area contributed by atoms with Crippen LogP contribution in [0.2, 0.25) is 0 Å². The van der Waals surface area contributed by atoms with Crippen LogP contribution < -0.4 is 0 Å². The van der Waals surface area contributed by atoms with Crippen LogP contribution in [0, 0.1) is 0 Å².